The van der Waals surface area contributed by atoms with Crippen molar-refractivity contribution in [1.82, 2.24) is 20.2 Å². The molecule has 1 heterocycles. The Morgan fingerprint density at radius 3 is 2.68 bits per heavy atom. The first-order valence-electron chi connectivity index (χ1n) is 6.53. The van der Waals surface area contributed by atoms with Crippen molar-refractivity contribution in [3.8, 4) is 0 Å². The fourth-order valence-electron chi connectivity index (χ4n) is 2.27. The molecule has 0 saturated heterocycles. The molecule has 1 atom stereocenters. The molecule has 0 bridgehead atoms. The van der Waals surface area contributed by atoms with Gasteiger partial charge in [-0.05, 0) is 31.9 Å². The van der Waals surface area contributed by atoms with Gasteiger partial charge in [0.25, 0.3) is 0 Å². The summed E-state index contributed by atoms with van der Waals surface area (Å²) in [5.41, 5.74) is 5.30. The number of nitrogens with two attached hydrogens (primary N) is 1. The predicted octanol–water partition coefficient (Wildman–Crippen LogP) is 1.91. The van der Waals surface area contributed by atoms with Gasteiger partial charge in [0.15, 0.2) is 0 Å². The molecule has 3 N–H and O–H groups in total. The minimum Gasteiger partial charge on any atom is -0.271 e. The highest BCUT2D eigenvalue weighted by Gasteiger charge is 2.17. The fourth-order valence-corrected chi connectivity index (χ4v) is 2.27. The fraction of sp³-hybridized carbons (Fsp3) is 0.429. The molecule has 19 heavy (non-hydrogen) atoms. The molecule has 5 nitrogen and oxygen atoms in total. The van der Waals surface area contributed by atoms with Crippen LogP contribution in [0.2, 0.25) is 0 Å². The third-order valence-electron chi connectivity index (χ3n) is 3.29. The summed E-state index contributed by atoms with van der Waals surface area (Å²) in [6.45, 7) is 6.28. The maximum Gasteiger partial charge on any atom is 0.138 e. The van der Waals surface area contributed by atoms with Crippen LogP contribution in [0.4, 0.5) is 0 Å². The second-order valence-electron chi connectivity index (χ2n) is 4.99. The number of hydrazine groups is 1. The number of benzene rings is 1. The minimum absolute atomic E-state index is 0.0444. The van der Waals surface area contributed by atoms with Crippen LogP contribution in [-0.4, -0.2) is 14.8 Å². The average molecular weight is 259 g/mol. The smallest absolute Gasteiger partial charge is 0.138 e. The molecule has 0 spiro atoms. The van der Waals surface area contributed by atoms with Crippen LogP contribution in [0.15, 0.2) is 30.6 Å². The molecule has 0 amide bonds. The number of nitrogens with zero attached hydrogens (tertiary/aromatic N) is 3. The number of aryl methyl sites for hydroxylation is 1. The van der Waals surface area contributed by atoms with E-state index in [0.717, 1.165) is 12.2 Å². The van der Waals surface area contributed by atoms with E-state index in [2.05, 4.69) is 48.4 Å². The van der Waals surface area contributed by atoms with Crippen molar-refractivity contribution in [2.24, 2.45) is 5.84 Å². The Labute approximate surface area is 113 Å². The van der Waals surface area contributed by atoms with Gasteiger partial charge in [0.05, 0.1) is 6.04 Å². The van der Waals surface area contributed by atoms with Gasteiger partial charge in [0.2, 0.25) is 0 Å². The van der Waals surface area contributed by atoms with Gasteiger partial charge in [0, 0.05) is 12.5 Å². The van der Waals surface area contributed by atoms with E-state index < -0.39 is 0 Å². The lowest BCUT2D eigenvalue weighted by Gasteiger charge is -2.19. The number of hydrogen-bond acceptors (Lipinski definition) is 4. The summed E-state index contributed by atoms with van der Waals surface area (Å²) in [6.07, 6.45) is 2.32. The maximum atomic E-state index is 5.71. The van der Waals surface area contributed by atoms with Crippen LogP contribution in [0.3, 0.4) is 0 Å². The zero-order valence-electron chi connectivity index (χ0n) is 11.7. The van der Waals surface area contributed by atoms with Gasteiger partial charge in [-0.25, -0.2) is 9.67 Å². The molecule has 1 unspecified atom stereocenters. The van der Waals surface area contributed by atoms with Crippen molar-refractivity contribution in [1.29, 1.82) is 0 Å². The van der Waals surface area contributed by atoms with Crippen LogP contribution in [0, 0.1) is 6.92 Å². The topological polar surface area (TPSA) is 68.8 Å². The zero-order valence-corrected chi connectivity index (χ0v) is 11.7. The van der Waals surface area contributed by atoms with Gasteiger partial charge in [-0.2, -0.15) is 5.10 Å². The first-order valence-corrected chi connectivity index (χ1v) is 6.53. The normalized spacial score (nSPS) is 12.9. The second-order valence-corrected chi connectivity index (χ2v) is 4.99. The molecule has 1 aromatic carbocycles. The van der Waals surface area contributed by atoms with E-state index in [1.165, 1.54) is 11.1 Å². The van der Waals surface area contributed by atoms with E-state index in [4.69, 9.17) is 5.84 Å². The summed E-state index contributed by atoms with van der Waals surface area (Å²) >= 11 is 0. The first-order chi connectivity index (χ1) is 9.13. The Balaban J connectivity index is 2.25. The van der Waals surface area contributed by atoms with Gasteiger partial charge in [-0.3, -0.25) is 11.3 Å². The van der Waals surface area contributed by atoms with Crippen LogP contribution in [0.5, 0.6) is 0 Å². The molecule has 0 aliphatic heterocycles. The number of hydrogen-bond donors (Lipinski definition) is 2. The Hall–Kier alpha value is -1.72. The van der Waals surface area contributed by atoms with E-state index in [-0.39, 0.29) is 6.04 Å². The van der Waals surface area contributed by atoms with Gasteiger partial charge < -0.3 is 0 Å². The Morgan fingerprint density at radius 2 is 2.05 bits per heavy atom. The van der Waals surface area contributed by atoms with Crippen molar-refractivity contribution in [2.75, 3.05) is 0 Å². The highest BCUT2D eigenvalue weighted by Crippen LogP contribution is 2.21. The van der Waals surface area contributed by atoms with Crippen LogP contribution < -0.4 is 11.3 Å². The van der Waals surface area contributed by atoms with Crippen LogP contribution in [0.25, 0.3) is 0 Å². The van der Waals surface area contributed by atoms with Crippen LogP contribution in [-0.2, 0) is 6.42 Å². The van der Waals surface area contributed by atoms with Crippen molar-refractivity contribution < 1.29 is 0 Å². The molecule has 102 valence electrons. The molecule has 2 rings (SSSR count). The van der Waals surface area contributed by atoms with E-state index >= 15 is 0 Å². The molecule has 1 aromatic heterocycles. The summed E-state index contributed by atoms with van der Waals surface area (Å²) in [5.74, 6) is 6.65. The second kappa shape index (κ2) is 5.95. The van der Waals surface area contributed by atoms with Crippen LogP contribution >= 0.6 is 0 Å². The monoisotopic (exact) mass is 259 g/mol. The standard InChI is InChI=1S/C14H21N5/c1-10(2)19-14(16-9-17-19)8-13(18-15)12-7-5-4-6-11(12)3/h4-7,9-10,13,18H,8,15H2,1-3H3. The molecular weight excluding hydrogens is 238 g/mol. The number of aromatic nitrogens is 3. The lowest BCUT2D eigenvalue weighted by molar-refractivity contribution is 0.468. The highest BCUT2D eigenvalue weighted by atomic mass is 15.3. The van der Waals surface area contributed by atoms with Gasteiger partial charge in [-0.1, -0.05) is 24.3 Å². The Bertz CT molecular complexity index is 532. The highest BCUT2D eigenvalue weighted by molar-refractivity contribution is 5.29. The molecule has 0 aliphatic carbocycles. The minimum atomic E-state index is 0.0444. The average Bonchev–Trinajstić information content (AvgIpc) is 2.85. The zero-order chi connectivity index (χ0) is 13.8. The van der Waals surface area contributed by atoms with Gasteiger partial charge in [-0.15, -0.1) is 0 Å². The molecule has 2 aromatic rings. The van der Waals surface area contributed by atoms with Crippen molar-refractivity contribution in [3.63, 3.8) is 0 Å². The summed E-state index contributed by atoms with van der Waals surface area (Å²) in [6, 6.07) is 8.58. The van der Waals surface area contributed by atoms with Crippen molar-refractivity contribution in [2.45, 2.75) is 39.3 Å². The molecule has 0 radical (unpaired) electrons. The summed E-state index contributed by atoms with van der Waals surface area (Å²) in [7, 11) is 0. The lowest BCUT2D eigenvalue weighted by Crippen LogP contribution is -2.31. The van der Waals surface area contributed by atoms with E-state index in [1.807, 2.05) is 16.8 Å². The largest absolute Gasteiger partial charge is 0.271 e. The summed E-state index contributed by atoms with van der Waals surface area (Å²) in [5, 5.41) is 4.26. The van der Waals surface area contributed by atoms with Crippen LogP contribution in [0.1, 0.15) is 42.9 Å². The molecule has 5 heteroatoms. The lowest BCUT2D eigenvalue weighted by atomic mass is 9.99. The SMILES string of the molecule is Cc1ccccc1C(Cc1ncnn1C(C)C)NN. The van der Waals surface area contributed by atoms with Crippen molar-refractivity contribution >= 4 is 0 Å². The molecule has 0 fully saturated rings. The van der Waals surface area contributed by atoms with E-state index in [1.54, 1.807) is 6.33 Å². The molecule has 0 aliphatic rings. The molecular formula is C14H21N5. The number of nitrogens with one attached hydrogen (secondary N) is 1. The first kappa shape index (κ1) is 13.7. The summed E-state index contributed by atoms with van der Waals surface area (Å²) < 4.78 is 1.93. The maximum absolute atomic E-state index is 5.71. The number of rotatable bonds is 5. The Kier molecular flexibility index (Phi) is 4.29. The van der Waals surface area contributed by atoms with E-state index in [0.29, 0.717) is 6.04 Å². The third kappa shape index (κ3) is 3.00. The quantitative estimate of drug-likeness (QED) is 0.636. The third-order valence-corrected chi connectivity index (χ3v) is 3.29. The molecule has 0 saturated carbocycles. The van der Waals surface area contributed by atoms with Crippen molar-refractivity contribution in [3.05, 3.63) is 47.5 Å². The van der Waals surface area contributed by atoms with Gasteiger partial charge >= 0.3 is 0 Å². The van der Waals surface area contributed by atoms with E-state index in [9.17, 15) is 0 Å². The Morgan fingerprint density at radius 1 is 1.32 bits per heavy atom. The summed E-state index contributed by atoms with van der Waals surface area (Å²) in [4.78, 5) is 4.34. The predicted molar refractivity (Wildman–Crippen MR) is 75.4 cm³/mol. The van der Waals surface area contributed by atoms with Gasteiger partial charge in [0.1, 0.15) is 12.2 Å².